The number of likely N-dealkylation sites (tertiary alicyclic amines) is 1. The highest BCUT2D eigenvalue weighted by molar-refractivity contribution is 7.88. The number of hydrogen-bond acceptors (Lipinski definition) is 4. The van der Waals surface area contributed by atoms with Gasteiger partial charge in [0.05, 0.1) is 6.26 Å². The van der Waals surface area contributed by atoms with Gasteiger partial charge in [0.1, 0.15) is 5.82 Å². The molecule has 1 aromatic heterocycles. The van der Waals surface area contributed by atoms with Gasteiger partial charge in [-0.15, -0.1) is 0 Å². The molecule has 0 aromatic carbocycles. The van der Waals surface area contributed by atoms with Crippen LogP contribution in [0.15, 0.2) is 12.4 Å². The third-order valence-corrected chi connectivity index (χ3v) is 6.29. The first kappa shape index (κ1) is 16.4. The molecule has 1 aromatic rings. The number of hydrogen-bond donors (Lipinski definition) is 1. The van der Waals surface area contributed by atoms with Crippen LogP contribution in [0.2, 0.25) is 0 Å². The quantitative estimate of drug-likeness (QED) is 0.881. The minimum atomic E-state index is -3.13. The van der Waals surface area contributed by atoms with Gasteiger partial charge in [0, 0.05) is 50.4 Å². The summed E-state index contributed by atoms with van der Waals surface area (Å²) >= 11 is 0. The molecule has 0 bridgehead atoms. The standard InChI is InChI=1S/C15H24N4O3S/c1-23(21,22)19-10-4-13(5-11-19)15(20)18-8-2-12(3-9-18)14-16-6-7-17-14/h6-7,12-13H,2-5,8-11H2,1H3,(H,16,17). The maximum Gasteiger partial charge on any atom is 0.225 e. The van der Waals surface area contributed by atoms with E-state index in [-0.39, 0.29) is 11.8 Å². The van der Waals surface area contributed by atoms with E-state index >= 15 is 0 Å². The van der Waals surface area contributed by atoms with Crippen molar-refractivity contribution >= 4 is 15.9 Å². The first-order valence-electron chi connectivity index (χ1n) is 8.18. The third-order valence-electron chi connectivity index (χ3n) is 4.98. The number of aromatic amines is 1. The summed E-state index contributed by atoms with van der Waals surface area (Å²) in [5.41, 5.74) is 0. The summed E-state index contributed by atoms with van der Waals surface area (Å²) in [6, 6.07) is 0. The molecule has 0 spiro atoms. The minimum Gasteiger partial charge on any atom is -0.348 e. The summed E-state index contributed by atoms with van der Waals surface area (Å²) in [5.74, 6) is 1.57. The lowest BCUT2D eigenvalue weighted by Gasteiger charge is -2.36. The summed E-state index contributed by atoms with van der Waals surface area (Å²) in [6.07, 6.45) is 7.95. The highest BCUT2D eigenvalue weighted by Crippen LogP contribution is 2.28. The number of carbonyl (C=O) groups excluding carboxylic acids is 1. The molecule has 2 fully saturated rings. The molecule has 0 radical (unpaired) electrons. The number of carbonyl (C=O) groups is 1. The normalized spacial score (nSPS) is 22.4. The third kappa shape index (κ3) is 3.74. The number of nitrogens with zero attached hydrogens (tertiary/aromatic N) is 3. The highest BCUT2D eigenvalue weighted by atomic mass is 32.2. The number of imidazole rings is 1. The van der Waals surface area contributed by atoms with E-state index in [1.165, 1.54) is 10.6 Å². The van der Waals surface area contributed by atoms with Gasteiger partial charge in [-0.2, -0.15) is 0 Å². The average molecular weight is 340 g/mol. The number of H-pyrrole nitrogens is 1. The molecule has 2 aliphatic rings. The molecule has 1 N–H and O–H groups in total. The Kier molecular flexibility index (Phi) is 4.72. The van der Waals surface area contributed by atoms with E-state index in [9.17, 15) is 13.2 Å². The van der Waals surface area contributed by atoms with E-state index in [1.54, 1.807) is 6.20 Å². The lowest BCUT2D eigenvalue weighted by molar-refractivity contribution is -0.137. The number of amides is 1. The van der Waals surface area contributed by atoms with Crippen LogP contribution in [0.5, 0.6) is 0 Å². The van der Waals surface area contributed by atoms with Crippen LogP contribution in [-0.4, -0.2) is 65.9 Å². The van der Waals surface area contributed by atoms with Gasteiger partial charge in [-0.1, -0.05) is 0 Å². The monoisotopic (exact) mass is 340 g/mol. The van der Waals surface area contributed by atoms with Gasteiger partial charge in [0.2, 0.25) is 15.9 Å². The Hall–Kier alpha value is -1.41. The van der Waals surface area contributed by atoms with Crippen molar-refractivity contribution in [2.45, 2.75) is 31.6 Å². The van der Waals surface area contributed by atoms with Crippen molar-refractivity contribution in [1.82, 2.24) is 19.2 Å². The predicted octanol–water partition coefficient (Wildman–Crippen LogP) is 0.787. The summed E-state index contributed by atoms with van der Waals surface area (Å²) < 4.78 is 24.5. The number of piperidine rings is 2. The second-order valence-corrected chi connectivity index (χ2v) is 8.49. The van der Waals surface area contributed by atoms with Crippen LogP contribution in [0.3, 0.4) is 0 Å². The van der Waals surface area contributed by atoms with Crippen LogP contribution >= 0.6 is 0 Å². The van der Waals surface area contributed by atoms with E-state index in [0.717, 1.165) is 31.8 Å². The Bertz CT molecular complexity index is 628. The molecule has 2 aliphatic heterocycles. The zero-order chi connectivity index (χ0) is 16.4. The van der Waals surface area contributed by atoms with Crippen molar-refractivity contribution in [2.75, 3.05) is 32.4 Å². The Morgan fingerprint density at radius 3 is 2.35 bits per heavy atom. The number of sulfonamides is 1. The fraction of sp³-hybridized carbons (Fsp3) is 0.733. The second kappa shape index (κ2) is 6.60. The Labute approximate surface area is 137 Å². The molecule has 0 saturated carbocycles. The molecule has 8 heteroatoms. The summed E-state index contributed by atoms with van der Waals surface area (Å²) in [5, 5.41) is 0. The van der Waals surface area contributed by atoms with Gasteiger partial charge in [-0.25, -0.2) is 17.7 Å². The van der Waals surface area contributed by atoms with Crippen molar-refractivity contribution < 1.29 is 13.2 Å². The van der Waals surface area contributed by atoms with Gasteiger partial charge in [0.15, 0.2) is 0 Å². The number of aromatic nitrogens is 2. The van der Waals surface area contributed by atoms with Gasteiger partial charge in [-0.05, 0) is 25.7 Å². The van der Waals surface area contributed by atoms with Crippen LogP contribution in [0.25, 0.3) is 0 Å². The van der Waals surface area contributed by atoms with Gasteiger partial charge in [-0.3, -0.25) is 4.79 Å². The second-order valence-electron chi connectivity index (χ2n) is 6.51. The lowest BCUT2D eigenvalue weighted by Crippen LogP contribution is -2.46. The van der Waals surface area contributed by atoms with Crippen molar-refractivity contribution in [1.29, 1.82) is 0 Å². The van der Waals surface area contributed by atoms with Crippen molar-refractivity contribution in [3.8, 4) is 0 Å². The first-order valence-corrected chi connectivity index (χ1v) is 10.0. The minimum absolute atomic E-state index is 0.0341. The zero-order valence-corrected chi connectivity index (χ0v) is 14.3. The average Bonchev–Trinajstić information content (AvgIpc) is 3.08. The number of nitrogens with one attached hydrogen (secondary N) is 1. The fourth-order valence-corrected chi connectivity index (χ4v) is 4.44. The van der Waals surface area contributed by atoms with Crippen molar-refractivity contribution in [3.05, 3.63) is 18.2 Å². The molecular weight excluding hydrogens is 316 g/mol. The fourth-order valence-electron chi connectivity index (χ4n) is 3.57. The molecule has 1 amide bonds. The zero-order valence-electron chi connectivity index (χ0n) is 13.4. The van der Waals surface area contributed by atoms with Crippen molar-refractivity contribution in [3.63, 3.8) is 0 Å². The molecule has 0 aliphatic carbocycles. The molecule has 3 heterocycles. The Balaban J connectivity index is 1.50. The smallest absolute Gasteiger partial charge is 0.225 e. The molecule has 0 unspecified atom stereocenters. The molecule has 0 atom stereocenters. The molecule has 3 rings (SSSR count). The van der Waals surface area contributed by atoms with Gasteiger partial charge in [0.25, 0.3) is 0 Å². The molecule has 7 nitrogen and oxygen atoms in total. The highest BCUT2D eigenvalue weighted by Gasteiger charge is 2.33. The van der Waals surface area contributed by atoms with Crippen LogP contribution in [-0.2, 0) is 14.8 Å². The van der Waals surface area contributed by atoms with E-state index in [4.69, 9.17) is 0 Å². The molecule has 2 saturated heterocycles. The van der Waals surface area contributed by atoms with Gasteiger partial charge >= 0.3 is 0 Å². The predicted molar refractivity (Wildman–Crippen MR) is 86.3 cm³/mol. The lowest BCUT2D eigenvalue weighted by atomic mass is 9.92. The molecule has 23 heavy (non-hydrogen) atoms. The summed E-state index contributed by atoms with van der Waals surface area (Å²) in [6.45, 7) is 2.43. The Morgan fingerprint density at radius 2 is 1.83 bits per heavy atom. The molecular formula is C15H24N4O3S. The van der Waals surface area contributed by atoms with Crippen LogP contribution in [0, 0.1) is 5.92 Å². The topological polar surface area (TPSA) is 86.4 Å². The summed E-state index contributed by atoms with van der Waals surface area (Å²) in [4.78, 5) is 22.0. The number of rotatable bonds is 3. The summed E-state index contributed by atoms with van der Waals surface area (Å²) in [7, 11) is -3.13. The largest absolute Gasteiger partial charge is 0.348 e. The van der Waals surface area contributed by atoms with E-state index in [1.807, 2.05) is 11.1 Å². The Morgan fingerprint density at radius 1 is 1.17 bits per heavy atom. The SMILES string of the molecule is CS(=O)(=O)N1CCC(C(=O)N2CCC(c3ncc[nH]3)CC2)CC1. The maximum atomic E-state index is 12.6. The van der Waals surface area contributed by atoms with E-state index in [0.29, 0.717) is 31.8 Å². The van der Waals surface area contributed by atoms with Gasteiger partial charge < -0.3 is 9.88 Å². The van der Waals surface area contributed by atoms with E-state index < -0.39 is 10.0 Å². The van der Waals surface area contributed by atoms with Crippen LogP contribution < -0.4 is 0 Å². The molecule has 128 valence electrons. The van der Waals surface area contributed by atoms with Crippen molar-refractivity contribution in [2.24, 2.45) is 5.92 Å². The van der Waals surface area contributed by atoms with Crippen LogP contribution in [0.1, 0.15) is 37.4 Å². The maximum absolute atomic E-state index is 12.6. The van der Waals surface area contributed by atoms with Crippen LogP contribution in [0.4, 0.5) is 0 Å². The van der Waals surface area contributed by atoms with E-state index in [2.05, 4.69) is 9.97 Å². The first-order chi connectivity index (χ1) is 10.9.